The van der Waals surface area contributed by atoms with E-state index in [0.717, 1.165) is 36.0 Å². The molecule has 0 atom stereocenters. The van der Waals surface area contributed by atoms with Gasteiger partial charge in [-0.2, -0.15) is 0 Å². The summed E-state index contributed by atoms with van der Waals surface area (Å²) < 4.78 is 6.37. The third kappa shape index (κ3) is 3.63. The minimum Gasteiger partial charge on any atom is -0.624 e. The van der Waals surface area contributed by atoms with Crippen molar-refractivity contribution in [3.05, 3.63) is 29.0 Å². The molecule has 1 fully saturated rings. The maximum absolute atomic E-state index is 12.1. The van der Waals surface area contributed by atoms with E-state index in [2.05, 4.69) is 0 Å². The molecule has 1 N–H and O–H groups in total. The van der Waals surface area contributed by atoms with Crippen LogP contribution in [0.15, 0.2) is 18.2 Å². The Morgan fingerprint density at radius 3 is 2.79 bits per heavy atom. The number of phenols is 1. The second-order valence-electron chi connectivity index (χ2n) is 4.94. The molecular weight excluding hydrogens is 242 g/mol. The van der Waals surface area contributed by atoms with Crippen LogP contribution >= 0.6 is 0 Å². The highest BCUT2D eigenvalue weighted by atomic mass is 16.5. The van der Waals surface area contributed by atoms with Gasteiger partial charge in [-0.15, -0.1) is 0 Å². The lowest BCUT2D eigenvalue weighted by Crippen LogP contribution is -2.25. The molecule has 1 aromatic rings. The fraction of sp³-hybridized carbons (Fsp3) is 0.533. The van der Waals surface area contributed by atoms with Gasteiger partial charge < -0.3 is 15.1 Å². The molecule has 1 aliphatic rings. The van der Waals surface area contributed by atoms with E-state index >= 15 is 0 Å². The molecule has 0 bridgehead atoms. The fourth-order valence-corrected chi connectivity index (χ4v) is 2.47. The van der Waals surface area contributed by atoms with E-state index in [1.54, 1.807) is 24.4 Å². The number of benzene rings is 1. The Bertz CT molecular complexity index is 451. The molecule has 0 saturated heterocycles. The molecule has 0 unspecified atom stereocenters. The Labute approximate surface area is 113 Å². The van der Waals surface area contributed by atoms with E-state index in [-0.39, 0.29) is 11.8 Å². The molecule has 0 aliphatic heterocycles. The van der Waals surface area contributed by atoms with Crippen LogP contribution in [0, 0.1) is 5.21 Å². The Hall–Kier alpha value is -1.71. The number of rotatable bonds is 4. The van der Waals surface area contributed by atoms with Gasteiger partial charge in [0.25, 0.3) is 0 Å². The number of aromatic hydroxyl groups is 1. The maximum atomic E-state index is 12.1. The minimum atomic E-state index is 0.0955. The molecule has 0 heterocycles. The summed E-state index contributed by atoms with van der Waals surface area (Å²) in [6, 6.07) is 5.09. The molecule has 1 aliphatic carbocycles. The number of hydroxylamine groups is 1. The van der Waals surface area contributed by atoms with Gasteiger partial charge in [0.2, 0.25) is 0 Å². The number of phenolic OH excluding ortho intramolecular Hbond substituents is 1. The van der Waals surface area contributed by atoms with Gasteiger partial charge in [-0.05, 0) is 38.0 Å². The van der Waals surface area contributed by atoms with Gasteiger partial charge in [0.05, 0.1) is 6.61 Å². The van der Waals surface area contributed by atoms with Crippen molar-refractivity contribution >= 4 is 6.21 Å². The van der Waals surface area contributed by atoms with Crippen LogP contribution in [0.1, 0.15) is 44.6 Å². The zero-order valence-electron chi connectivity index (χ0n) is 11.3. The molecule has 19 heavy (non-hydrogen) atoms. The first-order chi connectivity index (χ1) is 9.20. The van der Waals surface area contributed by atoms with Gasteiger partial charge >= 0.3 is 0 Å². The lowest BCUT2D eigenvalue weighted by atomic mass is 9.96. The number of nitrogens with zero attached hydrogens (tertiary/aromatic N) is 1. The van der Waals surface area contributed by atoms with Crippen molar-refractivity contribution in [2.75, 3.05) is 6.61 Å². The summed E-state index contributed by atoms with van der Waals surface area (Å²) in [5, 5.41) is 21.7. The molecule has 4 nitrogen and oxygen atoms in total. The van der Waals surface area contributed by atoms with Gasteiger partial charge in [0.15, 0.2) is 23.8 Å². The number of hydrogen-bond donors (Lipinski definition) is 1. The Morgan fingerprint density at radius 2 is 2.11 bits per heavy atom. The first-order valence-corrected chi connectivity index (χ1v) is 6.97. The molecule has 4 heteroatoms. The standard InChI is InChI=1S/C15H21NO3/c1-2-19-15-10-12(8-9-14(15)17)11-16(18)13-6-4-3-5-7-13/h8-11,13,17H,2-7H2,1H3. The zero-order valence-corrected chi connectivity index (χ0v) is 11.3. The quantitative estimate of drug-likeness (QED) is 0.393. The van der Waals surface area contributed by atoms with Crippen LogP contribution in [0.2, 0.25) is 0 Å². The highest BCUT2D eigenvalue weighted by molar-refractivity contribution is 5.77. The van der Waals surface area contributed by atoms with E-state index in [1.807, 2.05) is 6.92 Å². The van der Waals surface area contributed by atoms with Crippen LogP contribution in [0.3, 0.4) is 0 Å². The van der Waals surface area contributed by atoms with Crippen molar-refractivity contribution in [3.8, 4) is 11.5 Å². The highest BCUT2D eigenvalue weighted by Crippen LogP contribution is 2.26. The van der Waals surface area contributed by atoms with E-state index in [9.17, 15) is 10.3 Å². The smallest absolute Gasteiger partial charge is 0.182 e. The molecular formula is C15H21NO3. The normalized spacial score (nSPS) is 17.4. The Morgan fingerprint density at radius 1 is 1.37 bits per heavy atom. The van der Waals surface area contributed by atoms with Crippen LogP contribution in [0.4, 0.5) is 0 Å². The Kier molecular flexibility index (Phi) is 4.66. The second-order valence-corrected chi connectivity index (χ2v) is 4.94. The van der Waals surface area contributed by atoms with E-state index in [4.69, 9.17) is 4.74 Å². The third-order valence-corrected chi connectivity index (χ3v) is 3.49. The van der Waals surface area contributed by atoms with Gasteiger partial charge in [-0.25, -0.2) is 4.74 Å². The van der Waals surface area contributed by atoms with Crippen molar-refractivity contribution < 1.29 is 14.6 Å². The second kappa shape index (κ2) is 6.45. The van der Waals surface area contributed by atoms with Crippen molar-refractivity contribution in [3.63, 3.8) is 0 Å². The maximum Gasteiger partial charge on any atom is 0.182 e. The largest absolute Gasteiger partial charge is 0.624 e. The SMILES string of the molecule is CCOc1cc(C=[N+]([O-])C2CCCCC2)ccc1O. The van der Waals surface area contributed by atoms with Crippen LogP contribution < -0.4 is 4.74 Å². The van der Waals surface area contributed by atoms with E-state index in [0.29, 0.717) is 12.4 Å². The summed E-state index contributed by atoms with van der Waals surface area (Å²) in [5.74, 6) is 0.530. The topological polar surface area (TPSA) is 55.5 Å². The average molecular weight is 263 g/mol. The molecule has 0 aromatic heterocycles. The summed E-state index contributed by atoms with van der Waals surface area (Å²) in [6.07, 6.45) is 7.04. The van der Waals surface area contributed by atoms with Crippen molar-refractivity contribution in [2.45, 2.75) is 45.1 Å². The summed E-state index contributed by atoms with van der Waals surface area (Å²) in [4.78, 5) is 0. The van der Waals surface area contributed by atoms with Crippen molar-refractivity contribution in [1.82, 2.24) is 0 Å². The zero-order chi connectivity index (χ0) is 13.7. The van der Waals surface area contributed by atoms with Gasteiger partial charge in [0, 0.05) is 18.4 Å². The molecule has 0 radical (unpaired) electrons. The Balaban J connectivity index is 2.14. The van der Waals surface area contributed by atoms with Crippen LogP contribution in [-0.2, 0) is 0 Å². The van der Waals surface area contributed by atoms with Gasteiger partial charge in [-0.1, -0.05) is 6.42 Å². The van der Waals surface area contributed by atoms with Crippen LogP contribution in [0.25, 0.3) is 0 Å². The lowest BCUT2D eigenvalue weighted by Gasteiger charge is -2.20. The predicted molar refractivity (Wildman–Crippen MR) is 74.9 cm³/mol. The van der Waals surface area contributed by atoms with Gasteiger partial charge in [-0.3, -0.25) is 0 Å². The molecule has 104 valence electrons. The summed E-state index contributed by atoms with van der Waals surface area (Å²) in [7, 11) is 0. The van der Waals surface area contributed by atoms with Crippen molar-refractivity contribution in [2.24, 2.45) is 0 Å². The number of ether oxygens (including phenoxy) is 1. The lowest BCUT2D eigenvalue weighted by molar-refractivity contribution is -0.500. The third-order valence-electron chi connectivity index (χ3n) is 3.49. The first kappa shape index (κ1) is 13.7. The van der Waals surface area contributed by atoms with E-state index in [1.165, 1.54) is 6.42 Å². The highest BCUT2D eigenvalue weighted by Gasteiger charge is 2.19. The molecule has 0 spiro atoms. The summed E-state index contributed by atoms with van der Waals surface area (Å²) in [5.41, 5.74) is 0.766. The number of hydrogen-bond acceptors (Lipinski definition) is 3. The molecule has 2 rings (SSSR count). The van der Waals surface area contributed by atoms with Crippen LogP contribution in [0.5, 0.6) is 11.5 Å². The minimum absolute atomic E-state index is 0.0955. The molecule has 0 amide bonds. The fourth-order valence-electron chi connectivity index (χ4n) is 2.47. The monoisotopic (exact) mass is 263 g/mol. The van der Waals surface area contributed by atoms with Gasteiger partial charge in [0.1, 0.15) is 0 Å². The predicted octanol–water partition coefficient (Wildman–Crippen LogP) is 3.05. The molecule has 1 saturated carbocycles. The van der Waals surface area contributed by atoms with E-state index < -0.39 is 0 Å². The summed E-state index contributed by atoms with van der Waals surface area (Å²) in [6.45, 7) is 2.35. The first-order valence-electron chi connectivity index (χ1n) is 6.97. The molecule has 1 aromatic carbocycles. The summed E-state index contributed by atoms with van der Waals surface area (Å²) >= 11 is 0. The average Bonchev–Trinajstić information content (AvgIpc) is 2.44. The van der Waals surface area contributed by atoms with Crippen molar-refractivity contribution in [1.29, 1.82) is 0 Å². The van der Waals surface area contributed by atoms with Crippen LogP contribution in [-0.4, -0.2) is 28.7 Å².